The quantitative estimate of drug-likeness (QED) is 0.198. The van der Waals surface area contributed by atoms with E-state index in [2.05, 4.69) is 5.28 Å². The summed E-state index contributed by atoms with van der Waals surface area (Å²) in [6.45, 7) is 0.230. The zero-order valence-corrected chi connectivity index (χ0v) is 12.2. The van der Waals surface area contributed by atoms with Crippen molar-refractivity contribution in [3.05, 3.63) is 10.4 Å². The van der Waals surface area contributed by atoms with Gasteiger partial charge in [0.25, 0.3) is 0 Å². The van der Waals surface area contributed by atoms with Gasteiger partial charge in [0.05, 0.1) is 12.5 Å². The van der Waals surface area contributed by atoms with Gasteiger partial charge in [0, 0.05) is 4.97 Å². The molecule has 0 aromatic heterocycles. The van der Waals surface area contributed by atoms with Crippen molar-refractivity contribution in [1.82, 2.24) is 5.01 Å². The number of carbonyl (C=O) groups is 1. The summed E-state index contributed by atoms with van der Waals surface area (Å²) in [5, 5.41) is 33.6. The third kappa shape index (κ3) is 3.92. The molecule has 1 aliphatic heterocycles. The first-order valence-electron chi connectivity index (χ1n) is 3.44. The van der Waals surface area contributed by atoms with E-state index in [1.54, 1.807) is 0 Å². The minimum absolute atomic E-state index is 0. The van der Waals surface area contributed by atoms with Crippen LogP contribution in [0, 0.1) is 10.4 Å². The Morgan fingerprint density at radius 3 is 2.50 bits per heavy atom. The maximum atomic E-state index is 10.6. The van der Waals surface area contributed by atoms with Crippen LogP contribution in [0.25, 0.3) is 0 Å². The Bertz CT molecular complexity index is 225. The second kappa shape index (κ2) is 7.72. The Morgan fingerprint density at radius 2 is 2.07 bits per heavy atom. The molecule has 0 aromatic rings. The molecule has 0 radical (unpaired) electrons. The van der Waals surface area contributed by atoms with E-state index in [1.165, 1.54) is 0 Å². The number of hydrogen-bond donors (Lipinski definition) is 0. The average Bonchev–Trinajstić information content (AvgIpc) is 2.50. The predicted octanol–water partition coefficient (Wildman–Crippen LogP) is -7.42. The largest absolute Gasteiger partial charge is 1.00 e. The van der Waals surface area contributed by atoms with E-state index in [9.17, 15) is 20.3 Å². The van der Waals surface area contributed by atoms with Gasteiger partial charge >= 0.3 is 59.1 Å². The molecule has 0 aromatic carbocycles. The zero-order chi connectivity index (χ0) is 9.14. The summed E-state index contributed by atoms with van der Waals surface area (Å²) in [4.78, 5) is 10.1. The molecular weight excluding hydrogens is 212 g/mol. The molecule has 0 aliphatic carbocycles. The fourth-order valence-electron chi connectivity index (χ4n) is 1.24. The molecule has 1 heterocycles. The molecule has 1 saturated heterocycles. The van der Waals surface area contributed by atoms with E-state index < -0.39 is 12.0 Å². The molecule has 0 saturated carbocycles. The molecule has 0 bridgehead atoms. The maximum absolute atomic E-state index is 10.6. The summed E-state index contributed by atoms with van der Waals surface area (Å²) in [6, 6.07) is -1.01. The second-order valence-electron chi connectivity index (χ2n) is 2.47. The number of hydrogen-bond acceptors (Lipinski definition) is 5. The van der Waals surface area contributed by atoms with E-state index in [4.69, 9.17) is 0 Å². The summed E-state index contributed by atoms with van der Waals surface area (Å²) in [5.74, 6) is -1.35. The van der Waals surface area contributed by atoms with Crippen LogP contribution in [0.2, 0.25) is 0 Å². The molecule has 68 valence electrons. The monoisotopic (exact) mass is 219 g/mol. The van der Waals surface area contributed by atoms with Gasteiger partial charge in [0.2, 0.25) is 0 Å². The van der Waals surface area contributed by atoms with Crippen LogP contribution >= 0.6 is 0 Å². The third-order valence-electron chi connectivity index (χ3n) is 1.79. The minimum atomic E-state index is -1.35. The van der Waals surface area contributed by atoms with E-state index in [0.717, 1.165) is 5.01 Å². The van der Waals surface area contributed by atoms with Crippen molar-refractivity contribution in [1.29, 1.82) is 0 Å². The van der Waals surface area contributed by atoms with E-state index in [-0.39, 0.29) is 70.6 Å². The summed E-state index contributed by atoms with van der Waals surface area (Å²) in [6.07, 6.45) is 0.865. The normalized spacial score (nSPS) is 21.0. The molecule has 9 heteroatoms. The fraction of sp³-hybridized carbons (Fsp3) is 0.800. The second-order valence-corrected chi connectivity index (χ2v) is 2.47. The molecule has 0 N–H and O–H groups in total. The zero-order valence-electron chi connectivity index (χ0n) is 8.17. The third-order valence-corrected chi connectivity index (χ3v) is 1.79. The molecule has 1 aliphatic rings. The van der Waals surface area contributed by atoms with Crippen LogP contribution in [-0.4, -0.2) is 28.5 Å². The molecule has 1 atom stereocenters. The number of rotatable bonds is 2. The Balaban J connectivity index is 0. The summed E-state index contributed by atoms with van der Waals surface area (Å²) >= 11 is 0. The first kappa shape index (κ1) is 16.9. The fourth-order valence-corrected chi connectivity index (χ4v) is 1.24. The van der Waals surface area contributed by atoms with Crippen LogP contribution in [0.15, 0.2) is 5.28 Å². The van der Waals surface area contributed by atoms with Gasteiger partial charge in [0.15, 0.2) is 0 Å². The van der Waals surface area contributed by atoms with Crippen LogP contribution in [0.4, 0.5) is 0 Å². The average molecular weight is 219 g/mol. The van der Waals surface area contributed by atoms with Gasteiger partial charge in [0.1, 0.15) is 6.04 Å². The van der Waals surface area contributed by atoms with Crippen LogP contribution < -0.4 is 64.2 Å². The summed E-state index contributed by atoms with van der Waals surface area (Å²) in [5.41, 5.74) is 0. The van der Waals surface area contributed by atoms with Crippen molar-refractivity contribution in [3.63, 3.8) is 0 Å². The molecule has 0 amide bonds. The van der Waals surface area contributed by atoms with Gasteiger partial charge < -0.3 is 20.3 Å². The predicted molar refractivity (Wildman–Crippen MR) is 34.2 cm³/mol. The Hall–Kier alpha value is 0.470. The van der Waals surface area contributed by atoms with Crippen LogP contribution in [0.5, 0.6) is 0 Å². The van der Waals surface area contributed by atoms with Crippen molar-refractivity contribution in [2.45, 2.75) is 18.9 Å². The summed E-state index contributed by atoms with van der Waals surface area (Å²) in [7, 11) is 0. The van der Waals surface area contributed by atoms with Gasteiger partial charge in [-0.05, 0) is 18.1 Å². The van der Waals surface area contributed by atoms with Gasteiger partial charge in [-0.25, -0.2) is 0 Å². The van der Waals surface area contributed by atoms with Crippen molar-refractivity contribution in [2.24, 2.45) is 5.28 Å². The molecule has 1 fully saturated rings. The SMILES string of the molecule is O=C([O-])[C@@H]1CCCN1/[N+]([O-])=N/[O-].[Na+].[Na+]. The maximum Gasteiger partial charge on any atom is 1.00 e. The van der Waals surface area contributed by atoms with Crippen molar-refractivity contribution >= 4 is 5.97 Å². The molecule has 0 spiro atoms. The van der Waals surface area contributed by atoms with Crippen LogP contribution in [0.1, 0.15) is 12.8 Å². The number of carboxylic acids is 1. The first-order valence-corrected chi connectivity index (χ1v) is 3.44. The van der Waals surface area contributed by atoms with Crippen molar-refractivity contribution in [2.75, 3.05) is 6.54 Å². The van der Waals surface area contributed by atoms with Crippen molar-refractivity contribution in [3.8, 4) is 0 Å². The van der Waals surface area contributed by atoms with E-state index in [1.807, 2.05) is 0 Å². The first-order chi connectivity index (χ1) is 5.66. The Morgan fingerprint density at radius 1 is 1.50 bits per heavy atom. The topological polar surface area (TPSA) is 105 Å². The number of carbonyl (C=O) groups excluding carboxylic acids is 1. The molecular formula is C5H7N3Na2O4. The van der Waals surface area contributed by atoms with Gasteiger partial charge in [-0.2, -0.15) is 0 Å². The molecule has 7 nitrogen and oxygen atoms in total. The van der Waals surface area contributed by atoms with Gasteiger partial charge in [-0.15, -0.1) is 5.01 Å². The number of carboxylic acid groups (broad SMARTS) is 1. The molecule has 0 unspecified atom stereocenters. The van der Waals surface area contributed by atoms with E-state index >= 15 is 0 Å². The van der Waals surface area contributed by atoms with Crippen molar-refractivity contribution < 1.29 is 74.0 Å². The minimum Gasteiger partial charge on any atom is -0.737 e. The van der Waals surface area contributed by atoms with Crippen LogP contribution in [0.3, 0.4) is 0 Å². The smallest absolute Gasteiger partial charge is 0.737 e. The molecule has 14 heavy (non-hydrogen) atoms. The number of hydrazine groups is 1. The van der Waals surface area contributed by atoms with E-state index in [0.29, 0.717) is 12.8 Å². The van der Waals surface area contributed by atoms with Gasteiger partial charge in [-0.1, -0.05) is 0 Å². The number of aliphatic carboxylic acids is 1. The number of nitrogens with zero attached hydrogens (tertiary/aromatic N) is 3. The standard InChI is InChI=1S/C5H9N3O4.2Na/c9-5(10)4-2-1-3-7(4)8(12)6-11;;/h4,11H,1-3H2,(H,9,10);;/q;2*+1/p-2/b8-6-;;/t4-;;/m0../s1. The molecule has 1 rings (SSSR count). The van der Waals surface area contributed by atoms with Gasteiger partial charge in [-0.3, -0.25) is 0 Å². The van der Waals surface area contributed by atoms with Crippen LogP contribution in [-0.2, 0) is 4.79 Å². The Kier molecular flexibility index (Phi) is 9.31. The summed E-state index contributed by atoms with van der Waals surface area (Å²) < 4.78 is 0. The Labute approximate surface area is 125 Å².